The van der Waals surface area contributed by atoms with Crippen LogP contribution in [0.3, 0.4) is 0 Å². The first-order valence-corrected chi connectivity index (χ1v) is 3.54. The molecule has 0 atom stereocenters. The lowest BCUT2D eigenvalue weighted by molar-refractivity contribution is -0.293. The fourth-order valence-electron chi connectivity index (χ4n) is 0.974. The van der Waals surface area contributed by atoms with Crippen LogP contribution < -0.4 is 5.11 Å². The molecule has 0 N–H and O–H groups in total. The first-order valence-electron chi connectivity index (χ1n) is 3.54. The molecule has 0 amide bonds. The van der Waals surface area contributed by atoms with E-state index in [0.29, 0.717) is 5.89 Å². The van der Waals surface area contributed by atoms with Gasteiger partial charge in [0.1, 0.15) is 5.89 Å². The average Bonchev–Trinajstić information content (AvgIpc) is 2.54. The van der Waals surface area contributed by atoms with Gasteiger partial charge in [-0.1, -0.05) is 30.3 Å². The highest BCUT2D eigenvalue weighted by atomic mass is 16.5. The molecule has 0 radical (unpaired) electrons. The standard InChI is InChI=1S/C9H7NO2/c11-8-6-10-9(12-8)7-4-2-1-3-5-7/h1-6,11H/p-1. The Morgan fingerprint density at radius 1 is 1.17 bits per heavy atom. The lowest BCUT2D eigenvalue weighted by atomic mass is 10.2. The van der Waals surface area contributed by atoms with E-state index in [1.54, 1.807) is 0 Å². The number of benzene rings is 1. The van der Waals surface area contributed by atoms with Gasteiger partial charge in [-0.2, -0.15) is 0 Å². The Morgan fingerprint density at radius 2 is 1.92 bits per heavy atom. The Kier molecular flexibility index (Phi) is 1.55. The summed E-state index contributed by atoms with van der Waals surface area (Å²) in [6, 6.07) is 9.30. The SMILES string of the molecule is [O-]c1cnc(-c2ccccc2)o1. The van der Waals surface area contributed by atoms with Crippen molar-refractivity contribution in [3.05, 3.63) is 36.5 Å². The first-order chi connectivity index (χ1) is 5.86. The molecule has 2 aromatic rings. The van der Waals surface area contributed by atoms with E-state index in [0.717, 1.165) is 5.56 Å². The second kappa shape index (κ2) is 2.70. The monoisotopic (exact) mass is 160 g/mol. The van der Waals surface area contributed by atoms with Crippen LogP contribution >= 0.6 is 0 Å². The van der Waals surface area contributed by atoms with Crippen molar-refractivity contribution in [3.63, 3.8) is 0 Å². The van der Waals surface area contributed by atoms with Gasteiger partial charge in [-0.05, 0) is 0 Å². The molecule has 0 aliphatic carbocycles. The Balaban J connectivity index is 2.45. The maximum atomic E-state index is 10.6. The van der Waals surface area contributed by atoms with Crippen molar-refractivity contribution in [2.45, 2.75) is 0 Å². The van der Waals surface area contributed by atoms with Gasteiger partial charge >= 0.3 is 0 Å². The Morgan fingerprint density at radius 3 is 2.50 bits per heavy atom. The van der Waals surface area contributed by atoms with Crippen molar-refractivity contribution < 1.29 is 9.52 Å². The largest absolute Gasteiger partial charge is 0.563 e. The number of hydrogen-bond donors (Lipinski definition) is 0. The second-order valence-electron chi connectivity index (χ2n) is 2.35. The molecule has 0 saturated heterocycles. The topological polar surface area (TPSA) is 49.1 Å². The van der Waals surface area contributed by atoms with E-state index in [-0.39, 0.29) is 0 Å². The van der Waals surface area contributed by atoms with Gasteiger partial charge < -0.3 is 9.52 Å². The van der Waals surface area contributed by atoms with E-state index in [4.69, 9.17) is 4.42 Å². The summed E-state index contributed by atoms with van der Waals surface area (Å²) in [5.41, 5.74) is 0.819. The predicted octanol–water partition coefficient (Wildman–Crippen LogP) is 1.42. The quantitative estimate of drug-likeness (QED) is 0.633. The molecule has 0 saturated carbocycles. The lowest BCUT2D eigenvalue weighted by Gasteiger charge is -1.98. The van der Waals surface area contributed by atoms with Crippen LogP contribution in [-0.4, -0.2) is 4.98 Å². The van der Waals surface area contributed by atoms with Gasteiger partial charge in [0, 0.05) is 5.56 Å². The van der Waals surface area contributed by atoms with Crippen LogP contribution in [0.25, 0.3) is 11.5 Å². The minimum atomic E-state index is -0.408. The second-order valence-corrected chi connectivity index (χ2v) is 2.35. The summed E-state index contributed by atoms with van der Waals surface area (Å²) < 4.78 is 4.80. The van der Waals surface area contributed by atoms with Crippen LogP contribution in [0, 0.1) is 0 Å². The third-order valence-corrected chi connectivity index (χ3v) is 1.51. The molecular formula is C9H6NO2-. The fraction of sp³-hybridized carbons (Fsp3) is 0. The van der Waals surface area contributed by atoms with E-state index >= 15 is 0 Å². The van der Waals surface area contributed by atoms with Crippen molar-refractivity contribution in [2.75, 3.05) is 0 Å². The molecule has 1 heterocycles. The number of aromatic nitrogens is 1. The molecule has 0 aliphatic heterocycles. The molecule has 2 rings (SSSR count). The fourth-order valence-corrected chi connectivity index (χ4v) is 0.974. The van der Waals surface area contributed by atoms with Gasteiger partial charge in [0.15, 0.2) is 0 Å². The summed E-state index contributed by atoms with van der Waals surface area (Å²) in [5, 5.41) is 10.6. The Bertz CT molecular complexity index is 367. The molecule has 3 heteroatoms. The number of rotatable bonds is 1. The Labute approximate surface area is 69.3 Å². The third-order valence-electron chi connectivity index (χ3n) is 1.51. The average molecular weight is 160 g/mol. The van der Waals surface area contributed by atoms with Crippen molar-refractivity contribution >= 4 is 0 Å². The van der Waals surface area contributed by atoms with Crippen LogP contribution in [0.2, 0.25) is 0 Å². The molecule has 0 aliphatic rings. The van der Waals surface area contributed by atoms with Crippen molar-refractivity contribution in [2.24, 2.45) is 0 Å². The van der Waals surface area contributed by atoms with E-state index in [1.807, 2.05) is 30.3 Å². The van der Waals surface area contributed by atoms with Gasteiger partial charge in [-0.3, -0.25) is 0 Å². The zero-order chi connectivity index (χ0) is 8.39. The molecule has 0 spiro atoms. The molecule has 0 unspecified atom stereocenters. The summed E-state index contributed by atoms with van der Waals surface area (Å²) in [4.78, 5) is 3.81. The molecule has 0 bridgehead atoms. The number of nitrogens with zero attached hydrogens (tertiary/aromatic N) is 1. The highest BCUT2D eigenvalue weighted by Crippen LogP contribution is 2.19. The zero-order valence-corrected chi connectivity index (χ0v) is 6.23. The summed E-state index contributed by atoms with van der Waals surface area (Å²) in [7, 11) is 0. The summed E-state index contributed by atoms with van der Waals surface area (Å²) in [6.07, 6.45) is 1.17. The smallest absolute Gasteiger partial charge is 0.111 e. The van der Waals surface area contributed by atoms with E-state index in [9.17, 15) is 5.11 Å². The summed E-state index contributed by atoms with van der Waals surface area (Å²) in [6.45, 7) is 0. The molecule has 1 aromatic carbocycles. The predicted molar refractivity (Wildman–Crippen MR) is 41.4 cm³/mol. The minimum absolute atomic E-state index is 0.376. The summed E-state index contributed by atoms with van der Waals surface area (Å²) in [5.74, 6) is -0.0329. The van der Waals surface area contributed by atoms with Gasteiger partial charge in [-0.25, -0.2) is 4.98 Å². The van der Waals surface area contributed by atoms with Gasteiger partial charge in [-0.15, -0.1) is 0 Å². The minimum Gasteiger partial charge on any atom is -0.563 e. The molecule has 12 heavy (non-hydrogen) atoms. The third kappa shape index (κ3) is 1.16. The van der Waals surface area contributed by atoms with Crippen LogP contribution in [0.15, 0.2) is 40.9 Å². The normalized spacial score (nSPS) is 10.0. The van der Waals surface area contributed by atoms with Crippen LogP contribution in [0.1, 0.15) is 0 Å². The van der Waals surface area contributed by atoms with Crippen molar-refractivity contribution in [1.82, 2.24) is 4.98 Å². The van der Waals surface area contributed by atoms with Crippen LogP contribution in [0.5, 0.6) is 5.95 Å². The first kappa shape index (κ1) is 6.91. The number of hydrogen-bond acceptors (Lipinski definition) is 3. The number of oxazole rings is 1. The Hall–Kier alpha value is -1.77. The van der Waals surface area contributed by atoms with Crippen molar-refractivity contribution in [1.29, 1.82) is 0 Å². The molecular weight excluding hydrogens is 154 g/mol. The lowest BCUT2D eigenvalue weighted by Crippen LogP contribution is -1.82. The van der Waals surface area contributed by atoms with Gasteiger partial charge in [0.25, 0.3) is 0 Å². The molecule has 1 aromatic heterocycles. The van der Waals surface area contributed by atoms with Gasteiger partial charge in [0.2, 0.25) is 0 Å². The summed E-state index contributed by atoms with van der Waals surface area (Å²) >= 11 is 0. The van der Waals surface area contributed by atoms with Gasteiger partial charge in [0.05, 0.1) is 12.1 Å². The molecule has 0 fully saturated rings. The zero-order valence-electron chi connectivity index (χ0n) is 6.23. The maximum Gasteiger partial charge on any atom is 0.111 e. The van der Waals surface area contributed by atoms with Crippen molar-refractivity contribution in [3.8, 4) is 17.4 Å². The highest BCUT2D eigenvalue weighted by Gasteiger charge is 1.95. The highest BCUT2D eigenvalue weighted by molar-refractivity contribution is 5.52. The maximum absolute atomic E-state index is 10.6. The van der Waals surface area contributed by atoms with Crippen LogP contribution in [0.4, 0.5) is 0 Å². The molecule has 3 nitrogen and oxygen atoms in total. The van der Waals surface area contributed by atoms with Crippen LogP contribution in [-0.2, 0) is 0 Å². The van der Waals surface area contributed by atoms with E-state index in [1.165, 1.54) is 6.20 Å². The van der Waals surface area contributed by atoms with E-state index < -0.39 is 5.95 Å². The molecule has 60 valence electrons. The van der Waals surface area contributed by atoms with E-state index in [2.05, 4.69) is 4.98 Å².